The first kappa shape index (κ1) is 49.2. The lowest BCUT2D eigenvalue weighted by molar-refractivity contribution is -0.160. The van der Waals surface area contributed by atoms with Crippen LogP contribution in [-0.4, -0.2) is 41.2 Å². The molecule has 2 N–H and O–H groups in total. The molecule has 57 heavy (non-hydrogen) atoms. The minimum atomic E-state index is -1.09. The molecule has 0 aliphatic rings. The van der Waals surface area contributed by atoms with E-state index >= 15 is 0 Å². The number of imidazole rings is 1. The second-order valence-electron chi connectivity index (χ2n) is 18.9. The van der Waals surface area contributed by atoms with Crippen LogP contribution < -0.4 is 5.73 Å². The Morgan fingerprint density at radius 1 is 0.982 bits per heavy atom. The number of aryl methyl sites for hydroxylation is 3. The number of nitriles is 1. The van der Waals surface area contributed by atoms with E-state index in [1.807, 2.05) is 47.0 Å². The number of hydrogen-bond acceptors (Lipinski definition) is 7. The molecule has 316 valence electrons. The highest BCUT2D eigenvalue weighted by Crippen LogP contribution is 2.45. The molecule has 0 fully saturated rings. The molecule has 0 saturated carbocycles. The lowest BCUT2D eigenvalue weighted by atomic mass is 9.63. The SMILES string of the molecule is CC.CCC(C)(C)c1ccccc1-c1nccn1-c1c(C)cc(CCCOC(=O)C(C)(CC(C)(C)CC(C#N)C(C)(C)C)C(N)CC(C(=O)OC)C(C)C)cc1C. The van der Waals surface area contributed by atoms with E-state index < -0.39 is 22.8 Å². The maximum Gasteiger partial charge on any atom is 0.313 e. The van der Waals surface area contributed by atoms with Gasteiger partial charge in [0.05, 0.1) is 42.7 Å². The average Bonchev–Trinajstić information content (AvgIpc) is 3.63. The van der Waals surface area contributed by atoms with Gasteiger partial charge in [0.25, 0.3) is 0 Å². The van der Waals surface area contributed by atoms with E-state index in [4.69, 9.17) is 20.2 Å². The Morgan fingerprint density at radius 2 is 1.58 bits per heavy atom. The van der Waals surface area contributed by atoms with Gasteiger partial charge < -0.3 is 15.2 Å². The summed E-state index contributed by atoms with van der Waals surface area (Å²) in [5, 5.41) is 10.0. The Kier molecular flexibility index (Phi) is 17.8. The van der Waals surface area contributed by atoms with Gasteiger partial charge in [0.15, 0.2) is 0 Å². The zero-order valence-electron chi connectivity index (χ0n) is 38.4. The third-order valence-electron chi connectivity index (χ3n) is 12.0. The average molecular weight is 785 g/mol. The lowest BCUT2D eigenvalue weighted by Crippen LogP contribution is -2.51. The zero-order valence-corrected chi connectivity index (χ0v) is 38.4. The second-order valence-corrected chi connectivity index (χ2v) is 18.9. The Morgan fingerprint density at radius 3 is 2.11 bits per heavy atom. The molecule has 0 bridgehead atoms. The summed E-state index contributed by atoms with van der Waals surface area (Å²) in [4.78, 5) is 31.8. The number of nitrogens with zero attached hydrogens (tertiary/aromatic N) is 3. The molecule has 2 aromatic carbocycles. The van der Waals surface area contributed by atoms with Crippen molar-refractivity contribution < 1.29 is 19.1 Å². The van der Waals surface area contributed by atoms with Crippen LogP contribution in [0.25, 0.3) is 17.1 Å². The molecule has 0 radical (unpaired) electrons. The van der Waals surface area contributed by atoms with Crippen LogP contribution >= 0.6 is 0 Å². The van der Waals surface area contributed by atoms with Crippen LogP contribution in [0.15, 0.2) is 48.8 Å². The summed E-state index contributed by atoms with van der Waals surface area (Å²) < 4.78 is 13.4. The molecule has 1 aromatic heterocycles. The topological polar surface area (TPSA) is 120 Å². The first-order chi connectivity index (χ1) is 26.5. The molecular formula is C49H76N4O4. The predicted octanol–water partition coefficient (Wildman–Crippen LogP) is 11.5. The summed E-state index contributed by atoms with van der Waals surface area (Å²) in [6.07, 6.45) is 7.62. The van der Waals surface area contributed by atoms with Crippen molar-refractivity contribution in [3.63, 3.8) is 0 Å². The van der Waals surface area contributed by atoms with E-state index in [9.17, 15) is 14.9 Å². The molecule has 0 spiro atoms. The number of benzene rings is 2. The summed E-state index contributed by atoms with van der Waals surface area (Å²) in [6, 6.07) is 14.8. The highest BCUT2D eigenvalue weighted by Gasteiger charge is 2.47. The smallest absolute Gasteiger partial charge is 0.313 e. The number of methoxy groups -OCH3 is 1. The Bertz CT molecular complexity index is 1780. The van der Waals surface area contributed by atoms with Gasteiger partial charge in [0, 0.05) is 24.0 Å². The number of esters is 2. The van der Waals surface area contributed by atoms with Crippen molar-refractivity contribution >= 4 is 11.9 Å². The molecule has 0 aliphatic carbocycles. The molecule has 0 amide bonds. The van der Waals surface area contributed by atoms with Crippen LogP contribution in [0.5, 0.6) is 0 Å². The standard InChI is InChI=1S/C47H70N4O4.C2H6/c1-15-46(11,12)38-21-17-16-20-36(38)41-50-22-23-51(41)40-32(4)25-34(26-33(40)5)19-18-24-55-43(53)47(13,39(49)27-37(31(2)3)42(52)54-14)30-45(9,10)28-35(29-48)44(6,7)8;1-2/h16-17,20-23,25-26,31,35,37,39H,15,18-19,24,27-28,30,49H2,1-14H3;1-2H3. The van der Waals surface area contributed by atoms with E-state index in [2.05, 4.69) is 116 Å². The van der Waals surface area contributed by atoms with Crippen molar-refractivity contribution in [2.45, 2.75) is 154 Å². The van der Waals surface area contributed by atoms with Crippen LogP contribution in [0.3, 0.4) is 0 Å². The Hall–Kier alpha value is -3.96. The van der Waals surface area contributed by atoms with Gasteiger partial charge in [0.1, 0.15) is 5.82 Å². The Balaban J connectivity index is 0.00000551. The van der Waals surface area contributed by atoms with E-state index in [1.165, 1.54) is 18.2 Å². The van der Waals surface area contributed by atoms with Crippen LogP contribution in [0, 0.1) is 59.2 Å². The number of carbonyl (C=O) groups excluding carboxylic acids is 2. The molecule has 4 unspecified atom stereocenters. The highest BCUT2D eigenvalue weighted by atomic mass is 16.5. The van der Waals surface area contributed by atoms with E-state index in [0.717, 1.165) is 41.0 Å². The van der Waals surface area contributed by atoms with Crippen LogP contribution in [-0.2, 0) is 30.9 Å². The van der Waals surface area contributed by atoms with Crippen molar-refractivity contribution in [2.24, 2.45) is 39.7 Å². The third kappa shape index (κ3) is 12.5. The normalized spacial score (nSPS) is 14.8. The summed E-state index contributed by atoms with van der Waals surface area (Å²) in [6.45, 7) is 31.5. The second kappa shape index (κ2) is 20.6. The maximum absolute atomic E-state index is 14.2. The van der Waals surface area contributed by atoms with Gasteiger partial charge >= 0.3 is 11.9 Å². The molecule has 0 saturated heterocycles. The number of rotatable bonds is 18. The minimum Gasteiger partial charge on any atom is -0.469 e. The summed E-state index contributed by atoms with van der Waals surface area (Å²) in [7, 11) is 1.38. The van der Waals surface area contributed by atoms with Crippen molar-refractivity contribution in [3.05, 3.63) is 71.0 Å². The van der Waals surface area contributed by atoms with Gasteiger partial charge in [-0.2, -0.15) is 5.26 Å². The fraction of sp³-hybridized carbons (Fsp3) is 0.633. The molecule has 1 heterocycles. The molecule has 3 aromatic rings. The van der Waals surface area contributed by atoms with Gasteiger partial charge in [-0.15, -0.1) is 0 Å². The lowest BCUT2D eigenvalue weighted by Gasteiger charge is -2.42. The van der Waals surface area contributed by atoms with Crippen LogP contribution in [0.4, 0.5) is 0 Å². The van der Waals surface area contributed by atoms with Crippen molar-refractivity contribution in [1.29, 1.82) is 5.26 Å². The third-order valence-corrected chi connectivity index (χ3v) is 12.0. The zero-order chi connectivity index (χ0) is 43.5. The number of nitrogens with two attached hydrogens (primary N) is 1. The van der Waals surface area contributed by atoms with Gasteiger partial charge in [0.2, 0.25) is 0 Å². The van der Waals surface area contributed by atoms with Crippen molar-refractivity contribution in [1.82, 2.24) is 9.55 Å². The molecule has 0 aliphatic heterocycles. The summed E-state index contributed by atoms with van der Waals surface area (Å²) in [5.74, 6) is -0.448. The summed E-state index contributed by atoms with van der Waals surface area (Å²) >= 11 is 0. The van der Waals surface area contributed by atoms with Gasteiger partial charge in [-0.1, -0.05) is 119 Å². The fourth-order valence-corrected chi connectivity index (χ4v) is 8.16. The number of aromatic nitrogens is 2. The van der Waals surface area contributed by atoms with Gasteiger partial charge in [-0.05, 0) is 104 Å². The van der Waals surface area contributed by atoms with Crippen molar-refractivity contribution in [2.75, 3.05) is 13.7 Å². The minimum absolute atomic E-state index is 0.00968. The molecule has 3 rings (SSSR count). The van der Waals surface area contributed by atoms with E-state index in [0.29, 0.717) is 25.7 Å². The number of ether oxygens (including phenoxy) is 2. The Labute approximate surface area is 346 Å². The largest absolute Gasteiger partial charge is 0.469 e. The van der Waals surface area contributed by atoms with Crippen LogP contribution in [0.1, 0.15) is 144 Å². The molecule has 8 heteroatoms. The summed E-state index contributed by atoms with van der Waals surface area (Å²) in [5.41, 5.74) is 12.2. The van der Waals surface area contributed by atoms with E-state index in [1.54, 1.807) is 0 Å². The fourth-order valence-electron chi connectivity index (χ4n) is 8.16. The van der Waals surface area contributed by atoms with E-state index in [-0.39, 0.29) is 41.2 Å². The quantitative estimate of drug-likeness (QED) is 0.101. The highest BCUT2D eigenvalue weighted by molar-refractivity contribution is 5.78. The molecule has 8 nitrogen and oxygen atoms in total. The maximum atomic E-state index is 14.2. The van der Waals surface area contributed by atoms with Gasteiger partial charge in [-0.25, -0.2) is 4.98 Å². The van der Waals surface area contributed by atoms with Crippen LogP contribution in [0.2, 0.25) is 0 Å². The first-order valence-corrected chi connectivity index (χ1v) is 21.2. The van der Waals surface area contributed by atoms with Crippen molar-refractivity contribution in [3.8, 4) is 23.1 Å². The molecular weight excluding hydrogens is 709 g/mol. The first-order valence-electron chi connectivity index (χ1n) is 21.2. The number of hydrogen-bond donors (Lipinski definition) is 1. The molecule has 4 atom stereocenters. The number of carbonyl (C=O) groups is 2. The predicted molar refractivity (Wildman–Crippen MR) is 235 cm³/mol. The van der Waals surface area contributed by atoms with Gasteiger partial charge in [-0.3, -0.25) is 14.2 Å². The monoisotopic (exact) mass is 785 g/mol.